The Labute approximate surface area is 128 Å². The van der Waals surface area contributed by atoms with Crippen LogP contribution in [0.15, 0.2) is 36.4 Å². The topological polar surface area (TPSA) is 45.0 Å². The Balaban J connectivity index is 2.24. The minimum atomic E-state index is -0.604. The predicted molar refractivity (Wildman–Crippen MR) is 80.6 cm³/mol. The monoisotopic (exact) mass is 302 g/mol. The summed E-state index contributed by atoms with van der Waals surface area (Å²) in [4.78, 5) is 0. The van der Waals surface area contributed by atoms with Crippen molar-refractivity contribution < 1.29 is 13.5 Å². The lowest BCUT2D eigenvalue weighted by Gasteiger charge is -2.16. The van der Waals surface area contributed by atoms with Gasteiger partial charge in [-0.1, -0.05) is 6.07 Å². The molecule has 0 radical (unpaired) electrons. The van der Waals surface area contributed by atoms with Crippen LogP contribution in [0.5, 0.6) is 5.75 Å². The molecule has 0 fully saturated rings. The lowest BCUT2D eigenvalue weighted by molar-refractivity contribution is 0.243. The Hall–Kier alpha value is -2.61. The summed E-state index contributed by atoms with van der Waals surface area (Å²) in [5.41, 5.74) is 0.996. The molecule has 2 aromatic rings. The first kappa shape index (κ1) is 15.8. The van der Waals surface area contributed by atoms with E-state index in [-0.39, 0.29) is 18.2 Å². The average molecular weight is 302 g/mol. The number of nitriles is 1. The fourth-order valence-electron chi connectivity index (χ4n) is 1.97. The van der Waals surface area contributed by atoms with Gasteiger partial charge in [0.1, 0.15) is 17.4 Å². The predicted octanol–water partition coefficient (Wildman–Crippen LogP) is 4.24. The van der Waals surface area contributed by atoms with Crippen LogP contribution in [-0.4, -0.2) is 6.10 Å². The van der Waals surface area contributed by atoms with Gasteiger partial charge in [0.25, 0.3) is 0 Å². The second-order valence-corrected chi connectivity index (χ2v) is 5.04. The van der Waals surface area contributed by atoms with E-state index >= 15 is 0 Å². The van der Waals surface area contributed by atoms with Crippen molar-refractivity contribution in [1.82, 2.24) is 0 Å². The summed E-state index contributed by atoms with van der Waals surface area (Å²) in [5, 5.41) is 11.9. The van der Waals surface area contributed by atoms with Gasteiger partial charge in [0.2, 0.25) is 0 Å². The number of hydrogen-bond acceptors (Lipinski definition) is 3. The van der Waals surface area contributed by atoms with Crippen LogP contribution in [-0.2, 0) is 6.54 Å². The molecule has 0 aliphatic heterocycles. The molecule has 3 nitrogen and oxygen atoms in total. The number of ether oxygens (including phenoxy) is 1. The summed E-state index contributed by atoms with van der Waals surface area (Å²) < 4.78 is 32.9. The van der Waals surface area contributed by atoms with Gasteiger partial charge < -0.3 is 10.1 Å². The molecule has 2 rings (SSSR count). The third-order valence-electron chi connectivity index (χ3n) is 2.99. The van der Waals surface area contributed by atoms with Crippen LogP contribution in [0.4, 0.5) is 14.5 Å². The maximum Gasteiger partial charge on any atom is 0.144 e. The zero-order valence-electron chi connectivity index (χ0n) is 12.4. The van der Waals surface area contributed by atoms with Gasteiger partial charge in [-0.05, 0) is 38.1 Å². The van der Waals surface area contributed by atoms with E-state index in [0.717, 1.165) is 0 Å². The van der Waals surface area contributed by atoms with Crippen LogP contribution in [0.25, 0.3) is 0 Å². The van der Waals surface area contributed by atoms with Crippen LogP contribution < -0.4 is 10.1 Å². The van der Waals surface area contributed by atoms with Crippen LogP contribution in [0.3, 0.4) is 0 Å². The third kappa shape index (κ3) is 3.73. The minimum absolute atomic E-state index is 0.0150. The SMILES string of the molecule is CC(C)Oc1cc(C#N)ccc1NCc1c(F)cccc1F. The van der Waals surface area contributed by atoms with Gasteiger partial charge in [-0.25, -0.2) is 8.78 Å². The van der Waals surface area contributed by atoms with Crippen LogP contribution >= 0.6 is 0 Å². The molecule has 0 amide bonds. The average Bonchev–Trinajstić information content (AvgIpc) is 2.47. The number of rotatable bonds is 5. The summed E-state index contributed by atoms with van der Waals surface area (Å²) in [6.45, 7) is 3.71. The van der Waals surface area contributed by atoms with E-state index in [1.165, 1.54) is 18.2 Å². The summed E-state index contributed by atoms with van der Waals surface area (Å²) in [5.74, 6) is -0.731. The molecule has 0 bridgehead atoms. The fraction of sp³-hybridized carbons (Fsp3) is 0.235. The van der Waals surface area contributed by atoms with Crippen molar-refractivity contribution in [3.05, 3.63) is 59.2 Å². The van der Waals surface area contributed by atoms with Crippen LogP contribution in [0.1, 0.15) is 25.0 Å². The van der Waals surface area contributed by atoms with Gasteiger partial charge in [0.15, 0.2) is 0 Å². The normalized spacial score (nSPS) is 10.4. The first-order valence-corrected chi connectivity index (χ1v) is 6.89. The van der Waals surface area contributed by atoms with Gasteiger partial charge in [-0.2, -0.15) is 5.26 Å². The maximum atomic E-state index is 13.6. The number of halogens is 2. The van der Waals surface area contributed by atoms with E-state index in [2.05, 4.69) is 5.32 Å². The van der Waals surface area contributed by atoms with E-state index in [1.54, 1.807) is 18.2 Å². The number of nitrogens with zero attached hydrogens (tertiary/aromatic N) is 1. The second-order valence-electron chi connectivity index (χ2n) is 5.04. The Morgan fingerprint density at radius 3 is 2.45 bits per heavy atom. The molecule has 22 heavy (non-hydrogen) atoms. The molecular weight excluding hydrogens is 286 g/mol. The van der Waals surface area contributed by atoms with Gasteiger partial charge in [-0.15, -0.1) is 0 Å². The zero-order valence-corrected chi connectivity index (χ0v) is 12.4. The molecule has 0 atom stereocenters. The number of nitrogens with one attached hydrogen (secondary N) is 1. The quantitative estimate of drug-likeness (QED) is 0.898. The third-order valence-corrected chi connectivity index (χ3v) is 2.99. The maximum absolute atomic E-state index is 13.6. The molecule has 0 saturated carbocycles. The molecule has 114 valence electrons. The molecule has 2 aromatic carbocycles. The van der Waals surface area contributed by atoms with Gasteiger partial charge in [0.05, 0.1) is 23.4 Å². The lowest BCUT2D eigenvalue weighted by Crippen LogP contribution is -2.10. The van der Waals surface area contributed by atoms with E-state index < -0.39 is 11.6 Å². The molecule has 0 heterocycles. The molecule has 0 spiro atoms. The Morgan fingerprint density at radius 2 is 1.86 bits per heavy atom. The van der Waals surface area contributed by atoms with E-state index in [1.807, 2.05) is 19.9 Å². The molecule has 0 aliphatic carbocycles. The first-order valence-electron chi connectivity index (χ1n) is 6.89. The molecular formula is C17H16F2N2O. The van der Waals surface area contributed by atoms with Crippen molar-refractivity contribution in [3.8, 4) is 11.8 Å². The molecule has 1 N–H and O–H groups in total. The van der Waals surface area contributed by atoms with Gasteiger partial charge in [-0.3, -0.25) is 0 Å². The van der Waals surface area contributed by atoms with Crippen molar-refractivity contribution in [2.45, 2.75) is 26.5 Å². The van der Waals surface area contributed by atoms with Gasteiger partial charge in [0, 0.05) is 18.2 Å². The highest BCUT2D eigenvalue weighted by Gasteiger charge is 2.11. The second kappa shape index (κ2) is 6.90. The fourth-order valence-corrected chi connectivity index (χ4v) is 1.97. The molecule has 5 heteroatoms. The summed E-state index contributed by atoms with van der Waals surface area (Å²) in [6, 6.07) is 10.7. The van der Waals surface area contributed by atoms with E-state index in [9.17, 15) is 8.78 Å². The van der Waals surface area contributed by atoms with Crippen molar-refractivity contribution in [1.29, 1.82) is 5.26 Å². The van der Waals surface area contributed by atoms with Crippen LogP contribution in [0, 0.1) is 23.0 Å². The lowest BCUT2D eigenvalue weighted by atomic mass is 10.1. The molecule has 0 aliphatic rings. The standard InChI is InChI=1S/C17H16F2N2O/c1-11(2)22-17-8-12(9-20)6-7-16(17)21-10-13-14(18)4-3-5-15(13)19/h3-8,11,21H,10H2,1-2H3. The highest BCUT2D eigenvalue weighted by Crippen LogP contribution is 2.28. The van der Waals surface area contributed by atoms with Crippen molar-refractivity contribution >= 4 is 5.69 Å². The van der Waals surface area contributed by atoms with Gasteiger partial charge >= 0.3 is 0 Å². The number of benzene rings is 2. The van der Waals surface area contributed by atoms with Crippen LogP contribution in [0.2, 0.25) is 0 Å². The first-order chi connectivity index (χ1) is 10.5. The summed E-state index contributed by atoms with van der Waals surface area (Å²) in [6.07, 6.45) is -0.0836. The van der Waals surface area contributed by atoms with E-state index in [0.29, 0.717) is 17.0 Å². The molecule has 0 aromatic heterocycles. The highest BCUT2D eigenvalue weighted by molar-refractivity contribution is 5.59. The minimum Gasteiger partial charge on any atom is -0.489 e. The zero-order chi connectivity index (χ0) is 16.1. The number of hydrogen-bond donors (Lipinski definition) is 1. The van der Waals surface area contributed by atoms with E-state index in [4.69, 9.17) is 10.00 Å². The Bertz CT molecular complexity index is 688. The number of anilines is 1. The Morgan fingerprint density at radius 1 is 1.18 bits per heavy atom. The summed E-state index contributed by atoms with van der Waals surface area (Å²) in [7, 11) is 0. The van der Waals surface area contributed by atoms with Crippen molar-refractivity contribution in [2.24, 2.45) is 0 Å². The van der Waals surface area contributed by atoms with Crippen molar-refractivity contribution in [2.75, 3.05) is 5.32 Å². The smallest absolute Gasteiger partial charge is 0.144 e. The summed E-state index contributed by atoms with van der Waals surface area (Å²) >= 11 is 0. The van der Waals surface area contributed by atoms with Crippen molar-refractivity contribution in [3.63, 3.8) is 0 Å². The molecule has 0 saturated heterocycles. The molecule has 0 unspecified atom stereocenters. The highest BCUT2D eigenvalue weighted by atomic mass is 19.1. The largest absolute Gasteiger partial charge is 0.489 e. The Kier molecular flexibility index (Phi) is 4.95.